The molecule has 5 aromatic carbocycles. The zero-order chi connectivity index (χ0) is 43.8. The molecule has 1 aliphatic heterocycles. The number of aromatic hydroxyl groups is 1. The minimum atomic E-state index is -1.98. The van der Waals surface area contributed by atoms with E-state index in [0.29, 0.717) is 40.7 Å². The molecule has 3 heterocycles. The van der Waals surface area contributed by atoms with E-state index in [1.807, 2.05) is 48.5 Å². The van der Waals surface area contributed by atoms with Gasteiger partial charge in [-0.3, -0.25) is 14.5 Å². The number of carbonyl (C=O) groups excluding carboxylic acids is 2. The lowest BCUT2D eigenvalue weighted by atomic mass is 9.85. The van der Waals surface area contributed by atoms with Crippen LogP contribution in [0.25, 0.3) is 21.3 Å². The van der Waals surface area contributed by atoms with Crippen LogP contribution in [0.5, 0.6) is 5.75 Å². The first-order chi connectivity index (χ1) is 30.6. The van der Waals surface area contributed by atoms with Crippen molar-refractivity contribution in [2.75, 3.05) is 26.2 Å². The molecule has 322 valence electrons. The Morgan fingerprint density at radius 3 is 2.22 bits per heavy atom. The number of nitrogens with one attached hydrogen (secondary N) is 3. The van der Waals surface area contributed by atoms with Gasteiger partial charge in [-0.05, 0) is 102 Å². The van der Waals surface area contributed by atoms with Crippen LogP contribution in [0, 0.1) is 5.92 Å². The fraction of sp³-hybridized carbons (Fsp3) is 0.235. The Morgan fingerprint density at radius 1 is 0.794 bits per heavy atom. The number of esters is 1. The highest BCUT2D eigenvalue weighted by Crippen LogP contribution is 2.35. The normalized spacial score (nSPS) is 14.8. The Labute approximate surface area is 369 Å². The van der Waals surface area contributed by atoms with Crippen molar-refractivity contribution < 1.29 is 29.6 Å². The highest BCUT2D eigenvalue weighted by molar-refractivity contribution is 7.15. The number of aromatic nitrogens is 1. The van der Waals surface area contributed by atoms with Gasteiger partial charge in [0.25, 0.3) is 5.91 Å². The third-order valence-corrected chi connectivity index (χ3v) is 12.8. The molecule has 1 saturated heterocycles. The van der Waals surface area contributed by atoms with Gasteiger partial charge in [0, 0.05) is 46.4 Å². The van der Waals surface area contributed by atoms with Crippen molar-refractivity contribution in [3.8, 4) is 16.2 Å². The van der Waals surface area contributed by atoms with Gasteiger partial charge >= 0.3 is 5.97 Å². The van der Waals surface area contributed by atoms with E-state index in [1.54, 1.807) is 72.0 Å². The third-order valence-electron chi connectivity index (χ3n) is 11.7. The number of thiophene rings is 1. The Kier molecular flexibility index (Phi) is 13.6. The first-order valence-electron chi connectivity index (χ1n) is 21.2. The van der Waals surface area contributed by atoms with Crippen molar-refractivity contribution in [3.05, 3.63) is 194 Å². The van der Waals surface area contributed by atoms with E-state index >= 15 is 0 Å². The number of rotatable bonds is 16. The summed E-state index contributed by atoms with van der Waals surface area (Å²) in [5.74, 6) is -0.737. The van der Waals surface area contributed by atoms with Crippen LogP contribution in [0.4, 0.5) is 0 Å². The number of aliphatic hydroxyl groups excluding tert-OH is 1. The lowest BCUT2D eigenvalue weighted by Crippen LogP contribution is -2.40. The molecule has 6 N–H and O–H groups in total. The quantitative estimate of drug-likeness (QED) is 0.0544. The molecular weight excluding hydrogens is 813 g/mol. The predicted octanol–water partition coefficient (Wildman–Crippen LogP) is 7.41. The summed E-state index contributed by atoms with van der Waals surface area (Å²) in [6.45, 7) is 4.04. The molecule has 1 fully saturated rings. The predicted molar refractivity (Wildman–Crippen MR) is 245 cm³/mol. The number of benzene rings is 5. The fourth-order valence-corrected chi connectivity index (χ4v) is 9.05. The summed E-state index contributed by atoms with van der Waals surface area (Å²) in [6, 6.07) is 43.9. The molecule has 7 aromatic rings. The second-order valence-electron chi connectivity index (χ2n) is 16.0. The molecule has 1 aliphatic rings. The molecular formula is C51H50N4O7S. The van der Waals surface area contributed by atoms with E-state index in [2.05, 4.69) is 44.8 Å². The minimum Gasteiger partial charge on any atom is -0.506 e. The van der Waals surface area contributed by atoms with Crippen LogP contribution in [-0.4, -0.2) is 63.3 Å². The zero-order valence-corrected chi connectivity index (χ0v) is 35.5. The topological polar surface area (TPSA) is 164 Å². The van der Waals surface area contributed by atoms with Gasteiger partial charge in [-0.2, -0.15) is 0 Å². The molecule has 0 aliphatic carbocycles. The number of hydrogen-bond acceptors (Lipinski definition) is 10. The van der Waals surface area contributed by atoms with E-state index in [1.165, 1.54) is 17.7 Å². The van der Waals surface area contributed by atoms with Gasteiger partial charge in [0.15, 0.2) is 0 Å². The number of hydrogen-bond donors (Lipinski definition) is 6. The molecule has 63 heavy (non-hydrogen) atoms. The Bertz CT molecular complexity index is 2700. The lowest BCUT2D eigenvalue weighted by Gasteiger charge is -2.33. The first kappa shape index (κ1) is 43.2. The van der Waals surface area contributed by atoms with Crippen LogP contribution in [0.1, 0.15) is 62.0 Å². The molecule has 2 aromatic heterocycles. The van der Waals surface area contributed by atoms with Crippen molar-refractivity contribution in [3.63, 3.8) is 0 Å². The number of nitrogens with zero attached hydrogens (tertiary/aromatic N) is 1. The summed E-state index contributed by atoms with van der Waals surface area (Å²) >= 11 is 1.55. The Morgan fingerprint density at radius 2 is 1.49 bits per heavy atom. The van der Waals surface area contributed by atoms with Gasteiger partial charge in [-0.1, -0.05) is 103 Å². The number of ether oxygens (including phenoxy) is 1. The maximum Gasteiger partial charge on any atom is 0.347 e. The largest absolute Gasteiger partial charge is 0.506 e. The van der Waals surface area contributed by atoms with Crippen LogP contribution in [0.15, 0.2) is 150 Å². The van der Waals surface area contributed by atoms with E-state index in [-0.39, 0.29) is 41.8 Å². The summed E-state index contributed by atoms with van der Waals surface area (Å²) in [4.78, 5) is 45.6. The summed E-state index contributed by atoms with van der Waals surface area (Å²) < 4.78 is 5.90. The third kappa shape index (κ3) is 10.3. The number of phenolic OH excluding ortho intramolecular Hbond substituents is 1. The number of H-pyrrole nitrogens is 1. The van der Waals surface area contributed by atoms with Gasteiger partial charge in [-0.15, -0.1) is 11.3 Å². The van der Waals surface area contributed by atoms with Crippen molar-refractivity contribution in [1.29, 1.82) is 0 Å². The minimum absolute atomic E-state index is 0.0636. The van der Waals surface area contributed by atoms with Crippen LogP contribution < -0.4 is 16.2 Å². The van der Waals surface area contributed by atoms with E-state index in [0.717, 1.165) is 53.4 Å². The van der Waals surface area contributed by atoms with E-state index < -0.39 is 17.7 Å². The van der Waals surface area contributed by atoms with Gasteiger partial charge in [-0.25, -0.2) is 4.79 Å². The SMILES string of the molecule is O=C(NCc1ccc(-c2ccc(C(O)(C(=O)OCC3CCN(Cc4ccccc4)CC3)c3ccccc3)cc2)s1)c1ccc(CNC[C@H](O)c2ccc(O)c3[nH]c(=O)ccc23)cc1. The van der Waals surface area contributed by atoms with Crippen molar-refractivity contribution in [1.82, 2.24) is 20.5 Å². The van der Waals surface area contributed by atoms with Crippen molar-refractivity contribution >= 4 is 34.1 Å². The number of aromatic amines is 1. The number of aliphatic hydroxyl groups is 2. The molecule has 12 heteroatoms. The molecule has 0 radical (unpaired) electrons. The maximum absolute atomic E-state index is 13.8. The smallest absolute Gasteiger partial charge is 0.347 e. The second-order valence-corrected chi connectivity index (χ2v) is 17.2. The van der Waals surface area contributed by atoms with Gasteiger partial charge in [0.2, 0.25) is 11.2 Å². The molecule has 0 spiro atoms. The molecule has 11 nitrogen and oxygen atoms in total. The molecule has 0 saturated carbocycles. The lowest BCUT2D eigenvalue weighted by molar-refractivity contribution is -0.164. The monoisotopic (exact) mass is 862 g/mol. The van der Waals surface area contributed by atoms with E-state index in [9.17, 15) is 29.7 Å². The summed E-state index contributed by atoms with van der Waals surface area (Å²) in [5.41, 5.74) is 3.05. The first-order valence-corrected chi connectivity index (χ1v) is 22.0. The maximum atomic E-state index is 13.8. The standard InChI is InChI=1S/C51H50N4O7S/c56-44-22-20-42(43-21-24-47(58)54-48(43)44)45(57)31-52-29-34-11-13-38(14-12-34)49(59)53-30-41-19-23-46(63-41)37-15-17-40(18-16-37)51(61,39-9-5-2-6-10-39)50(60)62-33-36-25-27-55(28-26-36)32-35-7-3-1-4-8-35/h1-24,36,45,52,56-57,61H,25-33H2,(H,53,59)(H,54,58)/t45-,51?/m0/s1. The van der Waals surface area contributed by atoms with Crippen LogP contribution in [-0.2, 0) is 34.8 Å². The molecule has 2 atom stereocenters. The Hall–Kier alpha value is -6.41. The molecule has 8 rings (SSSR count). The zero-order valence-electron chi connectivity index (χ0n) is 34.7. The number of carbonyl (C=O) groups is 2. The number of phenols is 1. The van der Waals surface area contributed by atoms with Crippen molar-refractivity contribution in [2.24, 2.45) is 5.92 Å². The van der Waals surface area contributed by atoms with Crippen LogP contribution in [0.2, 0.25) is 0 Å². The number of pyridine rings is 1. The highest BCUT2D eigenvalue weighted by Gasteiger charge is 2.42. The Balaban J connectivity index is 0.826. The van der Waals surface area contributed by atoms with E-state index in [4.69, 9.17) is 4.74 Å². The summed E-state index contributed by atoms with van der Waals surface area (Å²) in [7, 11) is 0. The van der Waals surface area contributed by atoms with Gasteiger partial charge in [0.05, 0.1) is 24.8 Å². The average molecular weight is 863 g/mol. The number of likely N-dealkylation sites (tertiary alicyclic amines) is 1. The summed E-state index contributed by atoms with van der Waals surface area (Å²) in [5, 5.41) is 39.9. The van der Waals surface area contributed by atoms with Crippen molar-refractivity contribution in [2.45, 2.75) is 44.2 Å². The number of piperidine rings is 1. The highest BCUT2D eigenvalue weighted by atomic mass is 32.1. The van der Waals surface area contributed by atoms with Gasteiger partial charge in [0.1, 0.15) is 5.75 Å². The number of fused-ring (bicyclic) bond motifs is 1. The van der Waals surface area contributed by atoms with Crippen LogP contribution >= 0.6 is 11.3 Å². The van der Waals surface area contributed by atoms with Crippen LogP contribution in [0.3, 0.4) is 0 Å². The average Bonchev–Trinajstić information content (AvgIpc) is 3.80. The second kappa shape index (κ2) is 19.7. The molecule has 0 bridgehead atoms. The summed E-state index contributed by atoms with van der Waals surface area (Å²) in [6.07, 6.45) is 0.951. The fourth-order valence-electron chi connectivity index (χ4n) is 8.09. The molecule has 1 amide bonds. The van der Waals surface area contributed by atoms with Gasteiger partial charge < -0.3 is 35.7 Å². The molecule has 1 unspecified atom stereocenters. The number of amides is 1.